The Balaban J connectivity index is 1.60. The number of hydrogen-bond acceptors (Lipinski definition) is 3. The van der Waals surface area contributed by atoms with Gasteiger partial charge in [0.1, 0.15) is 16.0 Å². The van der Waals surface area contributed by atoms with Gasteiger partial charge in [0.15, 0.2) is 6.23 Å². The Morgan fingerprint density at radius 2 is 1.64 bits per heavy atom. The fraction of sp³-hybridized carbons (Fsp3) is 0.300. The van der Waals surface area contributed by atoms with Crippen LogP contribution in [0, 0.1) is 0 Å². The Labute approximate surface area is 159 Å². The highest BCUT2D eigenvalue weighted by Gasteiger charge is 2.48. The van der Waals surface area contributed by atoms with Gasteiger partial charge in [-0.3, -0.25) is 0 Å². The van der Waals surface area contributed by atoms with Gasteiger partial charge in [-0.25, -0.2) is 0 Å². The Bertz CT molecular complexity index is 781. The number of nitrogens with zero attached hydrogens (tertiary/aromatic N) is 2. The Morgan fingerprint density at radius 3 is 2.32 bits per heavy atom. The molecule has 0 N–H and O–H groups in total. The fourth-order valence-electron chi connectivity index (χ4n) is 3.63. The largest absolute Gasteiger partial charge is 0.353 e. The van der Waals surface area contributed by atoms with Gasteiger partial charge in [0.2, 0.25) is 0 Å². The van der Waals surface area contributed by atoms with Crippen LogP contribution in [0.4, 0.5) is 0 Å². The first-order chi connectivity index (χ1) is 12.1. The van der Waals surface area contributed by atoms with E-state index in [4.69, 9.17) is 29.2 Å². The molecule has 2 heterocycles. The van der Waals surface area contributed by atoms with Gasteiger partial charge in [-0.15, -0.1) is 0 Å². The highest BCUT2D eigenvalue weighted by atomic mass is 32.1. The second-order valence-electron chi connectivity index (χ2n) is 6.53. The van der Waals surface area contributed by atoms with E-state index >= 15 is 0 Å². The molecule has 2 saturated heterocycles. The highest BCUT2D eigenvalue weighted by Crippen LogP contribution is 2.38. The third kappa shape index (κ3) is 3.08. The van der Waals surface area contributed by atoms with Crippen molar-refractivity contribution in [3.63, 3.8) is 0 Å². The molecule has 2 aliphatic heterocycles. The molecule has 0 saturated carbocycles. The summed E-state index contributed by atoms with van der Waals surface area (Å²) >= 11 is 11.6. The van der Waals surface area contributed by atoms with Crippen LogP contribution in [0.15, 0.2) is 60.7 Å². The molecule has 0 aliphatic carbocycles. The maximum atomic E-state index is 6.26. The molecule has 0 bridgehead atoms. The maximum absolute atomic E-state index is 6.26. The van der Waals surface area contributed by atoms with Crippen molar-refractivity contribution in [3.05, 3.63) is 71.8 Å². The molecule has 25 heavy (non-hydrogen) atoms. The number of thiocarbonyl (C=S) groups is 2. The van der Waals surface area contributed by atoms with Crippen molar-refractivity contribution in [1.29, 1.82) is 0 Å². The fourth-order valence-corrected chi connectivity index (χ4v) is 4.42. The van der Waals surface area contributed by atoms with Gasteiger partial charge in [-0.05, 0) is 12.5 Å². The Kier molecular flexibility index (Phi) is 4.54. The molecule has 3 nitrogen and oxygen atoms in total. The van der Waals surface area contributed by atoms with Gasteiger partial charge in [0.25, 0.3) is 0 Å². The van der Waals surface area contributed by atoms with Crippen LogP contribution in [-0.4, -0.2) is 38.5 Å². The smallest absolute Gasteiger partial charge is 0.158 e. The van der Waals surface area contributed by atoms with Crippen LogP contribution in [0.25, 0.3) is 0 Å². The summed E-state index contributed by atoms with van der Waals surface area (Å²) in [5, 5.41) is 0. The number of piperazine rings is 1. The lowest BCUT2D eigenvalue weighted by atomic mass is 10.1. The molecule has 4 rings (SSSR count). The van der Waals surface area contributed by atoms with E-state index in [-0.39, 0.29) is 18.4 Å². The van der Waals surface area contributed by atoms with E-state index in [2.05, 4.69) is 53.1 Å². The molecular weight excluding hydrogens is 348 g/mol. The van der Waals surface area contributed by atoms with Gasteiger partial charge >= 0.3 is 0 Å². The zero-order chi connectivity index (χ0) is 17.4. The first-order valence-corrected chi connectivity index (χ1v) is 9.31. The lowest BCUT2D eigenvalue weighted by Gasteiger charge is -2.42. The standard InChI is InChI=1S/C20H20N2OS2/c1-14-18-20(25)21(12-15-8-4-2-5-9-15)13-17(24)22(18)19(23-14)16-10-6-3-7-11-16/h2-11,14,18-19H,12-13H2,1H3/t14-,18+,19+/m1/s1. The number of ether oxygens (including phenoxy) is 1. The molecule has 2 aromatic rings. The zero-order valence-corrected chi connectivity index (χ0v) is 15.7. The van der Waals surface area contributed by atoms with Gasteiger partial charge in [-0.1, -0.05) is 85.1 Å². The van der Waals surface area contributed by atoms with Crippen molar-refractivity contribution >= 4 is 34.4 Å². The number of benzene rings is 2. The third-order valence-corrected chi connectivity index (χ3v) is 5.66. The van der Waals surface area contributed by atoms with Crippen LogP contribution in [0.2, 0.25) is 0 Å². The van der Waals surface area contributed by atoms with Crippen molar-refractivity contribution in [3.8, 4) is 0 Å². The normalized spacial score (nSPS) is 26.0. The van der Waals surface area contributed by atoms with E-state index in [0.29, 0.717) is 6.54 Å². The summed E-state index contributed by atoms with van der Waals surface area (Å²) in [6.07, 6.45) is -0.139. The lowest BCUT2D eigenvalue weighted by molar-refractivity contribution is 0.0255. The van der Waals surface area contributed by atoms with Crippen LogP contribution in [-0.2, 0) is 11.3 Å². The predicted octanol–water partition coefficient (Wildman–Crippen LogP) is 3.95. The summed E-state index contributed by atoms with van der Waals surface area (Å²) in [6, 6.07) is 20.7. The Hall–Kier alpha value is -1.82. The predicted molar refractivity (Wildman–Crippen MR) is 107 cm³/mol. The minimum atomic E-state index is -0.148. The van der Waals surface area contributed by atoms with E-state index < -0.39 is 0 Å². The monoisotopic (exact) mass is 368 g/mol. The van der Waals surface area contributed by atoms with E-state index in [0.717, 1.165) is 22.1 Å². The van der Waals surface area contributed by atoms with E-state index in [1.54, 1.807) is 0 Å². The van der Waals surface area contributed by atoms with Crippen LogP contribution in [0.1, 0.15) is 24.3 Å². The zero-order valence-electron chi connectivity index (χ0n) is 14.0. The molecule has 0 unspecified atom stereocenters. The molecule has 2 fully saturated rings. The Morgan fingerprint density at radius 1 is 1.00 bits per heavy atom. The molecule has 128 valence electrons. The maximum Gasteiger partial charge on any atom is 0.158 e. The van der Waals surface area contributed by atoms with Crippen LogP contribution in [0.5, 0.6) is 0 Å². The van der Waals surface area contributed by atoms with Crippen LogP contribution < -0.4 is 0 Å². The van der Waals surface area contributed by atoms with E-state index in [1.165, 1.54) is 5.56 Å². The number of rotatable bonds is 3. The summed E-state index contributed by atoms with van der Waals surface area (Å²) in [7, 11) is 0. The molecule has 3 atom stereocenters. The first-order valence-electron chi connectivity index (χ1n) is 8.49. The van der Waals surface area contributed by atoms with E-state index in [1.807, 2.05) is 24.3 Å². The molecule has 5 heteroatoms. The number of hydrogen-bond donors (Lipinski definition) is 0. The lowest BCUT2D eigenvalue weighted by Crippen LogP contribution is -2.58. The first kappa shape index (κ1) is 16.6. The second kappa shape index (κ2) is 6.83. The van der Waals surface area contributed by atoms with Crippen molar-refractivity contribution in [2.75, 3.05) is 6.54 Å². The van der Waals surface area contributed by atoms with E-state index in [9.17, 15) is 0 Å². The summed E-state index contributed by atoms with van der Waals surface area (Å²) in [5.74, 6) is 0. The average Bonchev–Trinajstić information content (AvgIpc) is 2.99. The minimum absolute atomic E-state index is 0.00855. The summed E-state index contributed by atoms with van der Waals surface area (Å²) in [5.41, 5.74) is 2.37. The highest BCUT2D eigenvalue weighted by molar-refractivity contribution is 7.81. The van der Waals surface area contributed by atoms with Crippen molar-refractivity contribution < 1.29 is 4.74 Å². The average molecular weight is 369 g/mol. The van der Waals surface area contributed by atoms with Gasteiger partial charge in [0, 0.05) is 12.1 Å². The molecule has 0 amide bonds. The summed E-state index contributed by atoms with van der Waals surface area (Å²) in [6.45, 7) is 3.54. The third-order valence-electron chi connectivity index (χ3n) is 4.82. The van der Waals surface area contributed by atoms with Crippen molar-refractivity contribution in [2.45, 2.75) is 31.8 Å². The summed E-state index contributed by atoms with van der Waals surface area (Å²) < 4.78 is 6.26. The van der Waals surface area contributed by atoms with Gasteiger partial charge < -0.3 is 14.5 Å². The molecule has 0 spiro atoms. The van der Waals surface area contributed by atoms with Gasteiger partial charge in [-0.2, -0.15) is 0 Å². The molecule has 2 aromatic carbocycles. The van der Waals surface area contributed by atoms with Crippen LogP contribution >= 0.6 is 24.4 Å². The molecule has 0 aromatic heterocycles. The number of fused-ring (bicyclic) bond motifs is 1. The van der Waals surface area contributed by atoms with Crippen molar-refractivity contribution in [1.82, 2.24) is 9.80 Å². The quantitative estimate of drug-likeness (QED) is 0.760. The molecule has 2 aliphatic rings. The molecule has 0 radical (unpaired) electrons. The minimum Gasteiger partial charge on any atom is -0.353 e. The summed E-state index contributed by atoms with van der Waals surface area (Å²) in [4.78, 5) is 6.22. The molecular formula is C20H20N2OS2. The topological polar surface area (TPSA) is 15.7 Å². The van der Waals surface area contributed by atoms with Crippen molar-refractivity contribution in [2.24, 2.45) is 0 Å². The van der Waals surface area contributed by atoms with Crippen LogP contribution in [0.3, 0.4) is 0 Å². The SMILES string of the molecule is C[C@H]1O[C@@H](c2ccccc2)N2C(=S)CN(Cc3ccccc3)C(=S)[C@H]12. The second-order valence-corrected chi connectivity index (χ2v) is 7.42. The van der Waals surface area contributed by atoms with Gasteiger partial charge in [0.05, 0.1) is 12.6 Å².